The second kappa shape index (κ2) is 8.60. The molecule has 0 saturated heterocycles. The number of rotatable bonds is 5. The third kappa shape index (κ3) is 5.24. The van der Waals surface area contributed by atoms with Crippen molar-refractivity contribution in [3.05, 3.63) is 40.7 Å². The van der Waals surface area contributed by atoms with E-state index in [1.807, 2.05) is 0 Å². The Morgan fingerprint density at radius 1 is 0.600 bits per heavy atom. The van der Waals surface area contributed by atoms with Gasteiger partial charge in [-0.15, -0.1) is 0 Å². The van der Waals surface area contributed by atoms with Crippen molar-refractivity contribution < 1.29 is 79.4 Å². The minimum Gasteiger partial charge on any atom is -0.448 e. The Morgan fingerprint density at radius 3 is 1.26 bits per heavy atom. The van der Waals surface area contributed by atoms with Gasteiger partial charge >= 0.3 is 42.2 Å². The van der Waals surface area contributed by atoms with Gasteiger partial charge in [-0.05, 0) is 37.1 Å². The van der Waals surface area contributed by atoms with Crippen molar-refractivity contribution in [2.45, 2.75) is 56.0 Å². The first kappa shape index (κ1) is 30.6. The van der Waals surface area contributed by atoms with Gasteiger partial charge in [-0.2, -0.15) is 65.9 Å². The molecule has 0 aliphatic rings. The van der Waals surface area contributed by atoms with Gasteiger partial charge in [0.25, 0.3) is 0 Å². The van der Waals surface area contributed by atoms with Crippen molar-refractivity contribution in [1.29, 1.82) is 0 Å². The zero-order chi connectivity index (χ0) is 28.2. The minimum absolute atomic E-state index is 0.232. The summed E-state index contributed by atoms with van der Waals surface area (Å²) in [5.74, 6) is -22.1. The average molecular weight is 552 g/mol. The molecule has 0 N–H and O–H groups in total. The summed E-state index contributed by atoms with van der Waals surface area (Å²) in [6.07, 6.45) is -30.7. The molecule has 0 spiro atoms. The van der Waals surface area contributed by atoms with Gasteiger partial charge in [0.15, 0.2) is 11.4 Å². The number of aryl methyl sites for hydroxylation is 2. The monoisotopic (exact) mass is 552 g/mol. The van der Waals surface area contributed by atoms with Crippen LogP contribution in [-0.2, 0) is 0 Å². The van der Waals surface area contributed by atoms with Crippen LogP contribution in [0.5, 0.6) is 5.75 Å². The second-order valence-electron chi connectivity index (χ2n) is 6.93. The molecule has 0 aliphatic heterocycles. The number of alkyl halides is 16. The first-order valence-electron chi connectivity index (χ1n) is 8.35. The summed E-state index contributed by atoms with van der Waals surface area (Å²) in [5.41, 5.74) is -13.6. The van der Waals surface area contributed by atoms with E-state index in [1.165, 1.54) is 0 Å². The summed E-state index contributed by atoms with van der Waals surface area (Å²) in [7, 11) is 0. The lowest BCUT2D eigenvalue weighted by atomic mass is 9.91. The molecular formula is C17H9F17O. The molecule has 1 unspecified atom stereocenters. The van der Waals surface area contributed by atoms with Crippen LogP contribution in [0.4, 0.5) is 74.6 Å². The molecule has 0 radical (unpaired) electrons. The van der Waals surface area contributed by atoms with E-state index in [0.717, 1.165) is 19.9 Å². The molecule has 0 bridgehead atoms. The fourth-order valence-corrected chi connectivity index (χ4v) is 2.64. The number of hydrogen-bond acceptors (Lipinski definition) is 1. The fourth-order valence-electron chi connectivity index (χ4n) is 2.64. The lowest BCUT2D eigenvalue weighted by Crippen LogP contribution is -2.63. The molecule has 1 aromatic carbocycles. The van der Waals surface area contributed by atoms with E-state index in [9.17, 15) is 70.2 Å². The molecule has 1 atom stereocenters. The van der Waals surface area contributed by atoms with E-state index in [0.29, 0.717) is 0 Å². The predicted octanol–water partition coefficient (Wildman–Crippen LogP) is 8.16. The van der Waals surface area contributed by atoms with Gasteiger partial charge in [-0.25, -0.2) is 8.78 Å². The third-order valence-corrected chi connectivity index (χ3v) is 4.12. The van der Waals surface area contributed by atoms with Crippen LogP contribution in [-0.4, -0.2) is 42.2 Å². The van der Waals surface area contributed by atoms with Crippen molar-refractivity contribution >= 4 is 0 Å². The van der Waals surface area contributed by atoms with Crippen LogP contribution in [0.1, 0.15) is 11.1 Å². The molecule has 0 amide bonds. The van der Waals surface area contributed by atoms with Crippen molar-refractivity contribution in [3.63, 3.8) is 0 Å². The maximum atomic E-state index is 15.1. The lowest BCUT2D eigenvalue weighted by molar-refractivity contribution is -0.364. The van der Waals surface area contributed by atoms with E-state index < -0.39 is 59.3 Å². The summed E-state index contributed by atoms with van der Waals surface area (Å²) in [5, 5.41) is 0. The Kier molecular flexibility index (Phi) is 7.52. The maximum absolute atomic E-state index is 15.1. The fraction of sp³-hybridized carbons (Fsp3) is 0.529. The standard InChI is InChI=1S/C17H9F17O/c1-6-3-7(2)5-8(4-6)35-12(20,14(24,25)17(32,33)34)9(13(21,22)23)10(18)11(19,15(26,27)28)16(29,30)31/h3-5H,1-2H3/b10-9+. The highest BCUT2D eigenvalue weighted by atomic mass is 19.4. The van der Waals surface area contributed by atoms with Gasteiger partial charge in [-0.1, -0.05) is 6.07 Å². The van der Waals surface area contributed by atoms with Crippen molar-refractivity contribution in [3.8, 4) is 5.75 Å². The molecule has 0 fully saturated rings. The van der Waals surface area contributed by atoms with Gasteiger partial charge in [0.1, 0.15) is 5.75 Å². The third-order valence-electron chi connectivity index (χ3n) is 4.12. The Balaban J connectivity index is 4.33. The number of allylic oxidation sites excluding steroid dienone is 1. The Hall–Kier alpha value is -2.43. The second-order valence-corrected chi connectivity index (χ2v) is 6.93. The quantitative estimate of drug-likeness (QED) is 0.335. The molecule has 0 heterocycles. The molecular weight excluding hydrogens is 543 g/mol. The zero-order valence-corrected chi connectivity index (χ0v) is 16.6. The average Bonchev–Trinajstić information content (AvgIpc) is 2.55. The first-order chi connectivity index (χ1) is 15.1. The molecule has 35 heavy (non-hydrogen) atoms. The lowest BCUT2D eigenvalue weighted by Gasteiger charge is -2.38. The smallest absolute Gasteiger partial charge is 0.448 e. The summed E-state index contributed by atoms with van der Waals surface area (Å²) >= 11 is 0. The Labute approximate surface area is 183 Å². The topological polar surface area (TPSA) is 9.23 Å². The highest BCUT2D eigenvalue weighted by Gasteiger charge is 2.83. The molecule has 1 nitrogen and oxygen atoms in total. The molecule has 1 rings (SSSR count). The van der Waals surface area contributed by atoms with Gasteiger partial charge < -0.3 is 4.74 Å². The molecule has 1 aromatic rings. The molecule has 202 valence electrons. The predicted molar refractivity (Wildman–Crippen MR) is 81.5 cm³/mol. The molecule has 0 aromatic heterocycles. The van der Waals surface area contributed by atoms with Crippen molar-refractivity contribution in [2.24, 2.45) is 0 Å². The van der Waals surface area contributed by atoms with Crippen LogP contribution in [0.3, 0.4) is 0 Å². The van der Waals surface area contributed by atoms with E-state index in [4.69, 9.17) is 0 Å². The van der Waals surface area contributed by atoms with Gasteiger partial charge in [0.05, 0.1) is 0 Å². The van der Waals surface area contributed by atoms with Crippen LogP contribution < -0.4 is 4.74 Å². The van der Waals surface area contributed by atoms with E-state index in [-0.39, 0.29) is 23.3 Å². The Bertz CT molecular complexity index is 929. The zero-order valence-electron chi connectivity index (χ0n) is 16.6. The number of hydrogen-bond donors (Lipinski definition) is 0. The maximum Gasteiger partial charge on any atom is 0.461 e. The summed E-state index contributed by atoms with van der Waals surface area (Å²) < 4.78 is 230. The molecule has 0 aliphatic carbocycles. The first-order valence-corrected chi connectivity index (χ1v) is 8.35. The van der Waals surface area contributed by atoms with Crippen LogP contribution in [0.25, 0.3) is 0 Å². The van der Waals surface area contributed by atoms with E-state index in [1.54, 1.807) is 0 Å². The van der Waals surface area contributed by atoms with Gasteiger partial charge in [-0.3, -0.25) is 0 Å². The van der Waals surface area contributed by atoms with Gasteiger partial charge in [0, 0.05) is 0 Å². The number of ether oxygens (including phenoxy) is 1. The summed E-state index contributed by atoms with van der Waals surface area (Å²) in [6, 6.07) is 1.50. The van der Waals surface area contributed by atoms with Crippen molar-refractivity contribution in [2.75, 3.05) is 0 Å². The number of benzene rings is 1. The largest absolute Gasteiger partial charge is 0.461 e. The summed E-state index contributed by atoms with van der Waals surface area (Å²) in [4.78, 5) is 0. The Morgan fingerprint density at radius 2 is 0.971 bits per heavy atom. The highest BCUT2D eigenvalue weighted by Crippen LogP contribution is 2.59. The molecule has 0 saturated carbocycles. The van der Waals surface area contributed by atoms with Crippen molar-refractivity contribution in [1.82, 2.24) is 0 Å². The van der Waals surface area contributed by atoms with Crippen LogP contribution in [0.2, 0.25) is 0 Å². The van der Waals surface area contributed by atoms with E-state index >= 15 is 4.39 Å². The highest BCUT2D eigenvalue weighted by molar-refractivity contribution is 5.39. The van der Waals surface area contributed by atoms with Crippen LogP contribution in [0, 0.1) is 13.8 Å². The van der Waals surface area contributed by atoms with Crippen LogP contribution in [0.15, 0.2) is 29.6 Å². The van der Waals surface area contributed by atoms with Crippen LogP contribution >= 0.6 is 0 Å². The van der Waals surface area contributed by atoms with Gasteiger partial charge in [0.2, 0.25) is 0 Å². The molecule has 18 heteroatoms. The number of halogens is 17. The summed E-state index contributed by atoms with van der Waals surface area (Å²) in [6.45, 7) is 1.95. The van der Waals surface area contributed by atoms with E-state index in [2.05, 4.69) is 4.74 Å². The normalized spacial score (nSPS) is 17.1. The minimum atomic E-state index is -7.88. The SMILES string of the molecule is Cc1cc(C)cc(OC(F)(/C(=C(\F)C(F)(C(F)(F)F)C(F)(F)F)C(F)(F)F)C(F)(F)C(F)(F)F)c1.